The molecule has 1 saturated heterocycles. The lowest BCUT2D eigenvalue weighted by Crippen LogP contribution is -2.28. The highest BCUT2D eigenvalue weighted by Gasteiger charge is 2.33. The van der Waals surface area contributed by atoms with Crippen molar-refractivity contribution in [2.45, 2.75) is 16.8 Å². The predicted molar refractivity (Wildman–Crippen MR) is 89.5 cm³/mol. The van der Waals surface area contributed by atoms with Crippen LogP contribution in [0.25, 0.3) is 0 Å². The summed E-state index contributed by atoms with van der Waals surface area (Å²) in [5.74, 6) is 0.489. The van der Waals surface area contributed by atoms with Gasteiger partial charge in [-0.25, -0.2) is 8.42 Å². The molecule has 7 heteroatoms. The molecule has 120 valence electrons. The van der Waals surface area contributed by atoms with Crippen LogP contribution in [0.2, 0.25) is 0 Å². The Morgan fingerprint density at radius 2 is 1.96 bits per heavy atom. The molecule has 0 radical (unpaired) electrons. The number of carbonyl (C=O) groups is 1. The van der Waals surface area contributed by atoms with Gasteiger partial charge in [-0.3, -0.25) is 9.78 Å². The van der Waals surface area contributed by atoms with Crippen LogP contribution in [-0.2, 0) is 21.2 Å². The Morgan fingerprint density at radius 1 is 1.22 bits per heavy atom. The standard InChI is InChI=1S/C16H16N2O3S2/c1-23(20,21)14-7-5-12(6-8-14)16-18(15(19)11-22-16)10-13-4-2-3-9-17-13/h2-9,16H,10-11H2,1H3. The molecule has 0 aliphatic carbocycles. The van der Waals surface area contributed by atoms with Crippen LogP contribution in [0.5, 0.6) is 0 Å². The van der Waals surface area contributed by atoms with Crippen LogP contribution < -0.4 is 0 Å². The van der Waals surface area contributed by atoms with Crippen molar-refractivity contribution in [2.75, 3.05) is 12.0 Å². The number of sulfone groups is 1. The molecule has 23 heavy (non-hydrogen) atoms. The number of carbonyl (C=O) groups excluding carboxylic acids is 1. The summed E-state index contributed by atoms with van der Waals surface area (Å²) < 4.78 is 23.1. The fourth-order valence-corrected chi connectivity index (χ4v) is 4.27. The summed E-state index contributed by atoms with van der Waals surface area (Å²) in [5, 5.41) is -0.113. The monoisotopic (exact) mass is 348 g/mol. The van der Waals surface area contributed by atoms with Crippen LogP contribution in [0, 0.1) is 0 Å². The van der Waals surface area contributed by atoms with Crippen molar-refractivity contribution in [3.8, 4) is 0 Å². The summed E-state index contributed by atoms with van der Waals surface area (Å²) in [4.78, 5) is 18.5. The number of amides is 1. The second-order valence-corrected chi connectivity index (χ2v) is 8.43. The van der Waals surface area contributed by atoms with E-state index in [1.54, 1.807) is 47.1 Å². The maximum Gasteiger partial charge on any atom is 0.234 e. The molecule has 1 unspecified atom stereocenters. The molecule has 1 atom stereocenters. The van der Waals surface area contributed by atoms with Crippen molar-refractivity contribution in [1.29, 1.82) is 0 Å². The maximum atomic E-state index is 12.2. The molecule has 1 fully saturated rings. The van der Waals surface area contributed by atoms with Gasteiger partial charge in [0.1, 0.15) is 5.37 Å². The number of thioether (sulfide) groups is 1. The third-order valence-electron chi connectivity index (χ3n) is 3.62. The number of rotatable bonds is 4. The highest BCUT2D eigenvalue weighted by molar-refractivity contribution is 8.00. The maximum absolute atomic E-state index is 12.2. The lowest BCUT2D eigenvalue weighted by molar-refractivity contribution is -0.128. The van der Waals surface area contributed by atoms with Gasteiger partial charge < -0.3 is 4.90 Å². The topological polar surface area (TPSA) is 67.3 Å². The number of pyridine rings is 1. The second kappa shape index (κ2) is 6.33. The molecule has 1 aromatic heterocycles. The third-order valence-corrected chi connectivity index (χ3v) is 6.00. The molecule has 0 saturated carbocycles. The number of nitrogens with zero attached hydrogens (tertiary/aromatic N) is 2. The van der Waals surface area contributed by atoms with Crippen LogP contribution in [0.15, 0.2) is 53.6 Å². The van der Waals surface area contributed by atoms with E-state index in [0.717, 1.165) is 11.3 Å². The first-order chi connectivity index (χ1) is 10.9. The Balaban J connectivity index is 1.84. The first-order valence-corrected chi connectivity index (χ1v) is 10.0. The summed E-state index contributed by atoms with van der Waals surface area (Å²) in [6, 6.07) is 12.4. The van der Waals surface area contributed by atoms with E-state index in [9.17, 15) is 13.2 Å². The van der Waals surface area contributed by atoms with Gasteiger partial charge in [-0.15, -0.1) is 11.8 Å². The van der Waals surface area contributed by atoms with Crippen molar-refractivity contribution in [3.63, 3.8) is 0 Å². The van der Waals surface area contributed by atoms with E-state index < -0.39 is 9.84 Å². The lowest BCUT2D eigenvalue weighted by atomic mass is 10.2. The Bertz CT molecular complexity index is 805. The molecule has 0 spiro atoms. The van der Waals surface area contributed by atoms with Gasteiger partial charge in [-0.1, -0.05) is 18.2 Å². The summed E-state index contributed by atoms with van der Waals surface area (Å²) in [5.41, 5.74) is 1.75. The minimum atomic E-state index is -3.21. The lowest BCUT2D eigenvalue weighted by Gasteiger charge is -2.24. The van der Waals surface area contributed by atoms with E-state index in [2.05, 4.69) is 4.98 Å². The largest absolute Gasteiger partial charge is 0.320 e. The summed E-state index contributed by atoms with van der Waals surface area (Å²) in [7, 11) is -3.21. The average Bonchev–Trinajstić information content (AvgIpc) is 2.89. The number of aromatic nitrogens is 1. The molecule has 2 heterocycles. The van der Waals surface area contributed by atoms with Gasteiger partial charge in [-0.2, -0.15) is 0 Å². The zero-order valence-corrected chi connectivity index (χ0v) is 14.2. The van der Waals surface area contributed by atoms with Gasteiger partial charge in [0.15, 0.2) is 9.84 Å². The highest BCUT2D eigenvalue weighted by Crippen LogP contribution is 2.39. The van der Waals surface area contributed by atoms with Gasteiger partial charge in [0.25, 0.3) is 0 Å². The Kier molecular flexibility index (Phi) is 4.41. The van der Waals surface area contributed by atoms with E-state index in [4.69, 9.17) is 0 Å². The zero-order chi connectivity index (χ0) is 16.4. The van der Waals surface area contributed by atoms with E-state index in [-0.39, 0.29) is 16.2 Å². The highest BCUT2D eigenvalue weighted by atomic mass is 32.2. The minimum Gasteiger partial charge on any atom is -0.320 e. The molecule has 3 rings (SSSR count). The van der Waals surface area contributed by atoms with Gasteiger partial charge >= 0.3 is 0 Å². The van der Waals surface area contributed by atoms with Crippen LogP contribution in [-0.4, -0.2) is 36.2 Å². The number of hydrogen-bond donors (Lipinski definition) is 0. The van der Waals surface area contributed by atoms with Crippen molar-refractivity contribution in [1.82, 2.24) is 9.88 Å². The average molecular weight is 348 g/mol. The normalized spacial score (nSPS) is 18.4. The first kappa shape index (κ1) is 16.0. The molecule has 2 aromatic rings. The van der Waals surface area contributed by atoms with Crippen LogP contribution in [0.1, 0.15) is 16.6 Å². The van der Waals surface area contributed by atoms with E-state index >= 15 is 0 Å². The Hall–Kier alpha value is -1.86. The summed E-state index contributed by atoms with van der Waals surface area (Å²) in [6.07, 6.45) is 2.89. The number of hydrogen-bond acceptors (Lipinski definition) is 5. The molecule has 1 aliphatic heterocycles. The van der Waals surface area contributed by atoms with Crippen LogP contribution in [0.3, 0.4) is 0 Å². The molecular weight excluding hydrogens is 332 g/mol. The molecule has 5 nitrogen and oxygen atoms in total. The molecular formula is C16H16N2O3S2. The van der Waals surface area contributed by atoms with Crippen molar-refractivity contribution < 1.29 is 13.2 Å². The third kappa shape index (κ3) is 3.56. The minimum absolute atomic E-state index is 0.0674. The first-order valence-electron chi connectivity index (χ1n) is 7.06. The fraction of sp³-hybridized carbons (Fsp3) is 0.250. The molecule has 1 amide bonds. The van der Waals surface area contributed by atoms with Crippen molar-refractivity contribution in [2.24, 2.45) is 0 Å². The summed E-state index contributed by atoms with van der Waals surface area (Å²) >= 11 is 1.54. The molecule has 0 bridgehead atoms. The summed E-state index contributed by atoms with van der Waals surface area (Å²) in [6.45, 7) is 0.450. The SMILES string of the molecule is CS(=O)(=O)c1ccc(C2SCC(=O)N2Cc2ccccn2)cc1. The van der Waals surface area contributed by atoms with Crippen LogP contribution in [0.4, 0.5) is 0 Å². The van der Waals surface area contributed by atoms with Gasteiger partial charge in [0.05, 0.1) is 22.9 Å². The smallest absolute Gasteiger partial charge is 0.234 e. The van der Waals surface area contributed by atoms with Crippen LogP contribution >= 0.6 is 11.8 Å². The molecule has 1 aromatic carbocycles. The second-order valence-electron chi connectivity index (χ2n) is 5.35. The fourth-order valence-electron chi connectivity index (χ4n) is 2.45. The van der Waals surface area contributed by atoms with E-state index in [1.165, 1.54) is 6.26 Å². The molecule has 1 aliphatic rings. The van der Waals surface area contributed by atoms with Gasteiger partial charge in [0, 0.05) is 12.5 Å². The van der Waals surface area contributed by atoms with Crippen molar-refractivity contribution >= 4 is 27.5 Å². The van der Waals surface area contributed by atoms with E-state index in [0.29, 0.717) is 12.3 Å². The quantitative estimate of drug-likeness (QED) is 0.848. The zero-order valence-electron chi connectivity index (χ0n) is 12.5. The Morgan fingerprint density at radius 3 is 2.57 bits per heavy atom. The Labute approximate surface area is 139 Å². The van der Waals surface area contributed by atoms with Gasteiger partial charge in [0.2, 0.25) is 5.91 Å². The van der Waals surface area contributed by atoms with Crippen molar-refractivity contribution in [3.05, 3.63) is 59.9 Å². The predicted octanol–water partition coefficient (Wildman–Crippen LogP) is 2.26. The molecule has 0 N–H and O–H groups in total. The van der Waals surface area contributed by atoms with E-state index in [1.807, 2.05) is 18.2 Å². The number of benzene rings is 1. The van der Waals surface area contributed by atoms with Gasteiger partial charge in [-0.05, 0) is 29.8 Å².